The third-order valence-corrected chi connectivity index (χ3v) is 4.01. The van der Waals surface area contributed by atoms with Crippen LogP contribution in [0, 0.1) is 11.8 Å². The number of carbonyl (C=O) groups excluding carboxylic acids is 1. The Morgan fingerprint density at radius 1 is 1.22 bits per heavy atom. The lowest BCUT2D eigenvalue weighted by Crippen LogP contribution is -2.46. The molecule has 1 aliphatic rings. The summed E-state index contributed by atoms with van der Waals surface area (Å²) in [6.45, 7) is 6.50. The summed E-state index contributed by atoms with van der Waals surface area (Å²) in [5.41, 5.74) is 0. The molecule has 3 heteroatoms. The first-order valence-electron chi connectivity index (χ1n) is 7.38. The minimum atomic E-state index is -0.146. The summed E-state index contributed by atoms with van der Waals surface area (Å²) < 4.78 is 4.90. The Bertz CT molecular complexity index is 247. The van der Waals surface area contributed by atoms with E-state index in [-0.39, 0.29) is 12.0 Å². The first kappa shape index (κ1) is 15.5. The van der Waals surface area contributed by atoms with Crippen molar-refractivity contribution < 1.29 is 9.53 Å². The van der Waals surface area contributed by atoms with Crippen LogP contribution >= 0.6 is 0 Å². The molecule has 0 spiro atoms. The molecule has 1 N–H and O–H groups in total. The molecule has 0 aromatic carbocycles. The van der Waals surface area contributed by atoms with Crippen molar-refractivity contribution in [2.45, 2.75) is 71.4 Å². The lowest BCUT2D eigenvalue weighted by molar-refractivity contribution is -0.143. The van der Waals surface area contributed by atoms with Gasteiger partial charge in [0.15, 0.2) is 0 Å². The van der Waals surface area contributed by atoms with Crippen molar-refractivity contribution in [3.8, 4) is 0 Å². The Labute approximate surface area is 112 Å². The largest absolute Gasteiger partial charge is 0.468 e. The van der Waals surface area contributed by atoms with Gasteiger partial charge in [-0.3, -0.25) is 4.79 Å². The van der Waals surface area contributed by atoms with Crippen LogP contribution in [0.3, 0.4) is 0 Å². The van der Waals surface area contributed by atoms with Crippen LogP contribution in [0.5, 0.6) is 0 Å². The first-order chi connectivity index (χ1) is 8.54. The van der Waals surface area contributed by atoms with E-state index in [1.165, 1.54) is 39.2 Å². The molecular weight excluding hydrogens is 226 g/mol. The molecule has 2 unspecified atom stereocenters. The molecule has 0 saturated heterocycles. The number of rotatable bonds is 6. The smallest absolute Gasteiger partial charge is 0.322 e. The van der Waals surface area contributed by atoms with Gasteiger partial charge in [-0.2, -0.15) is 0 Å². The van der Waals surface area contributed by atoms with E-state index in [1.54, 1.807) is 0 Å². The number of carbonyl (C=O) groups is 1. The molecule has 0 heterocycles. The first-order valence-corrected chi connectivity index (χ1v) is 7.38. The second-order valence-corrected chi connectivity index (χ2v) is 6.06. The van der Waals surface area contributed by atoms with E-state index in [1.807, 2.05) is 0 Å². The van der Waals surface area contributed by atoms with Gasteiger partial charge in [-0.15, -0.1) is 0 Å². The van der Waals surface area contributed by atoms with Crippen molar-refractivity contribution in [2.75, 3.05) is 7.11 Å². The highest BCUT2D eigenvalue weighted by Gasteiger charge is 2.26. The molecule has 0 radical (unpaired) electrons. The quantitative estimate of drug-likeness (QED) is 0.741. The fourth-order valence-electron chi connectivity index (χ4n) is 2.93. The van der Waals surface area contributed by atoms with Crippen LogP contribution in [0.2, 0.25) is 0 Å². The average Bonchev–Trinajstić information content (AvgIpc) is 2.37. The summed E-state index contributed by atoms with van der Waals surface area (Å²) in [6.07, 6.45) is 7.49. The van der Waals surface area contributed by atoms with Gasteiger partial charge in [0, 0.05) is 6.04 Å². The lowest BCUT2D eigenvalue weighted by Gasteiger charge is -2.31. The van der Waals surface area contributed by atoms with E-state index in [9.17, 15) is 4.79 Å². The van der Waals surface area contributed by atoms with E-state index < -0.39 is 0 Å². The normalized spacial score (nSPS) is 20.7. The van der Waals surface area contributed by atoms with E-state index >= 15 is 0 Å². The van der Waals surface area contributed by atoms with Crippen LogP contribution in [0.25, 0.3) is 0 Å². The highest BCUT2D eigenvalue weighted by atomic mass is 16.5. The second kappa shape index (κ2) is 7.78. The van der Waals surface area contributed by atoms with Gasteiger partial charge in [0.2, 0.25) is 0 Å². The van der Waals surface area contributed by atoms with Gasteiger partial charge in [-0.1, -0.05) is 33.1 Å². The van der Waals surface area contributed by atoms with Gasteiger partial charge in [0.25, 0.3) is 0 Å². The van der Waals surface area contributed by atoms with E-state index in [0.717, 1.165) is 12.3 Å². The van der Waals surface area contributed by atoms with Crippen LogP contribution in [-0.2, 0) is 9.53 Å². The highest BCUT2D eigenvalue weighted by Crippen LogP contribution is 2.26. The molecule has 106 valence electrons. The van der Waals surface area contributed by atoms with Crippen molar-refractivity contribution in [2.24, 2.45) is 11.8 Å². The van der Waals surface area contributed by atoms with E-state index in [4.69, 9.17) is 4.74 Å². The summed E-state index contributed by atoms with van der Waals surface area (Å²) in [7, 11) is 1.47. The molecule has 2 atom stereocenters. The van der Waals surface area contributed by atoms with Crippen LogP contribution in [0.1, 0.15) is 59.3 Å². The Kier molecular flexibility index (Phi) is 6.69. The van der Waals surface area contributed by atoms with Gasteiger partial charge in [0.1, 0.15) is 6.04 Å². The molecule has 1 saturated carbocycles. The Morgan fingerprint density at radius 3 is 2.33 bits per heavy atom. The SMILES string of the molecule is COC(=O)C(CC(C)C)NC(C)C1CCCCC1. The molecule has 18 heavy (non-hydrogen) atoms. The molecule has 0 bridgehead atoms. The van der Waals surface area contributed by atoms with Gasteiger partial charge in [-0.25, -0.2) is 0 Å². The average molecular weight is 255 g/mol. The molecule has 0 aromatic heterocycles. The third kappa shape index (κ3) is 4.97. The molecule has 1 rings (SSSR count). The predicted octanol–water partition coefficient (Wildman–Crippen LogP) is 3.13. The molecule has 1 fully saturated rings. The fourth-order valence-corrected chi connectivity index (χ4v) is 2.93. The number of hydrogen-bond donors (Lipinski definition) is 1. The van der Waals surface area contributed by atoms with Crippen molar-refractivity contribution in [3.63, 3.8) is 0 Å². The summed E-state index contributed by atoms with van der Waals surface area (Å²) >= 11 is 0. The van der Waals surface area contributed by atoms with Crippen LogP contribution in [0.4, 0.5) is 0 Å². The van der Waals surface area contributed by atoms with Crippen molar-refractivity contribution in [3.05, 3.63) is 0 Å². The zero-order valence-electron chi connectivity index (χ0n) is 12.4. The number of esters is 1. The van der Waals surface area contributed by atoms with Gasteiger partial charge in [-0.05, 0) is 38.0 Å². The number of ether oxygens (including phenoxy) is 1. The zero-order chi connectivity index (χ0) is 13.5. The molecule has 1 aliphatic carbocycles. The van der Waals surface area contributed by atoms with Gasteiger partial charge < -0.3 is 10.1 Å². The zero-order valence-corrected chi connectivity index (χ0v) is 12.4. The Hall–Kier alpha value is -0.570. The second-order valence-electron chi connectivity index (χ2n) is 6.06. The van der Waals surface area contributed by atoms with Gasteiger partial charge >= 0.3 is 5.97 Å². The summed E-state index contributed by atoms with van der Waals surface area (Å²) in [5, 5.41) is 3.49. The topological polar surface area (TPSA) is 38.3 Å². The lowest BCUT2D eigenvalue weighted by atomic mass is 9.84. The maximum Gasteiger partial charge on any atom is 0.322 e. The highest BCUT2D eigenvalue weighted by molar-refractivity contribution is 5.75. The summed E-state index contributed by atoms with van der Waals surface area (Å²) in [6, 6.07) is 0.264. The maximum atomic E-state index is 11.8. The maximum absolute atomic E-state index is 11.8. The third-order valence-electron chi connectivity index (χ3n) is 4.01. The number of nitrogens with one attached hydrogen (secondary N) is 1. The number of hydrogen-bond acceptors (Lipinski definition) is 3. The Morgan fingerprint density at radius 2 is 1.83 bits per heavy atom. The minimum Gasteiger partial charge on any atom is -0.468 e. The van der Waals surface area contributed by atoms with Crippen LogP contribution in [-0.4, -0.2) is 25.2 Å². The molecular formula is C15H29NO2. The van der Waals surface area contributed by atoms with Gasteiger partial charge in [0.05, 0.1) is 7.11 Å². The number of methoxy groups -OCH3 is 1. The Balaban J connectivity index is 2.49. The van der Waals surface area contributed by atoms with Crippen molar-refractivity contribution >= 4 is 5.97 Å². The predicted molar refractivity (Wildman–Crippen MR) is 74.4 cm³/mol. The molecule has 0 aromatic rings. The van der Waals surface area contributed by atoms with Crippen LogP contribution < -0.4 is 5.32 Å². The summed E-state index contributed by atoms with van der Waals surface area (Å²) in [5.74, 6) is 1.10. The minimum absolute atomic E-state index is 0.119. The summed E-state index contributed by atoms with van der Waals surface area (Å²) in [4.78, 5) is 11.8. The fraction of sp³-hybridized carbons (Fsp3) is 0.933. The van der Waals surface area contributed by atoms with Crippen LogP contribution in [0.15, 0.2) is 0 Å². The molecule has 3 nitrogen and oxygen atoms in total. The van der Waals surface area contributed by atoms with Crippen molar-refractivity contribution in [1.29, 1.82) is 0 Å². The molecule has 0 aliphatic heterocycles. The van der Waals surface area contributed by atoms with E-state index in [2.05, 4.69) is 26.1 Å². The van der Waals surface area contributed by atoms with E-state index in [0.29, 0.717) is 12.0 Å². The monoisotopic (exact) mass is 255 g/mol. The molecule has 0 amide bonds. The standard InChI is InChI=1S/C15H29NO2/c1-11(2)10-14(15(17)18-4)16-12(3)13-8-6-5-7-9-13/h11-14,16H,5-10H2,1-4H3. The van der Waals surface area contributed by atoms with Crippen molar-refractivity contribution in [1.82, 2.24) is 5.32 Å².